The van der Waals surface area contributed by atoms with Gasteiger partial charge in [0.05, 0.1) is 16.0 Å². The number of carbonyl (C=O) groups is 1. The summed E-state index contributed by atoms with van der Waals surface area (Å²) in [7, 11) is -3.83. The highest BCUT2D eigenvalue weighted by Gasteiger charge is 2.21. The number of hydrogen-bond donors (Lipinski definition) is 2. The summed E-state index contributed by atoms with van der Waals surface area (Å²) in [5.74, 6) is -1.18. The number of aromatic carboxylic acids is 1. The van der Waals surface area contributed by atoms with Crippen LogP contribution in [0.4, 0.5) is 0 Å². The van der Waals surface area contributed by atoms with Gasteiger partial charge in [0.25, 0.3) is 0 Å². The van der Waals surface area contributed by atoms with Gasteiger partial charge in [0, 0.05) is 22.1 Å². The van der Waals surface area contributed by atoms with E-state index in [0.717, 1.165) is 10.9 Å². The van der Waals surface area contributed by atoms with Gasteiger partial charge in [-0.3, -0.25) is 4.98 Å². The molecule has 0 aliphatic heterocycles. The molecule has 1 aromatic carbocycles. The zero-order chi connectivity index (χ0) is 15.6. The van der Waals surface area contributed by atoms with E-state index < -0.39 is 16.0 Å². The van der Waals surface area contributed by atoms with E-state index in [-0.39, 0.29) is 17.0 Å². The number of carboxylic acids is 1. The Kier molecular flexibility index (Phi) is 4.77. The first-order valence-corrected chi connectivity index (χ1v) is 8.87. The maximum atomic E-state index is 12.3. The van der Waals surface area contributed by atoms with E-state index in [0.29, 0.717) is 10.0 Å². The number of aryl methyl sites for hydroxylation is 1. The Morgan fingerprint density at radius 3 is 2.76 bits per heavy atom. The number of aromatic nitrogens is 1. The highest BCUT2D eigenvalue weighted by molar-refractivity contribution is 9.10. The molecular formula is C12H11BrN2O4S2. The number of nitrogens with zero attached hydrogens (tertiary/aromatic N) is 1. The molecule has 0 bridgehead atoms. The van der Waals surface area contributed by atoms with Crippen molar-refractivity contribution in [3.8, 4) is 0 Å². The van der Waals surface area contributed by atoms with Crippen molar-refractivity contribution in [3.05, 3.63) is 44.3 Å². The second-order valence-corrected chi connectivity index (χ2v) is 7.70. The Balaban J connectivity index is 2.37. The van der Waals surface area contributed by atoms with Crippen LogP contribution in [0, 0.1) is 6.92 Å². The van der Waals surface area contributed by atoms with Gasteiger partial charge >= 0.3 is 5.97 Å². The normalized spacial score (nSPS) is 11.5. The molecule has 6 nitrogen and oxygen atoms in total. The monoisotopic (exact) mass is 390 g/mol. The average Bonchev–Trinajstić information content (AvgIpc) is 2.92. The van der Waals surface area contributed by atoms with Crippen molar-refractivity contribution in [1.29, 1.82) is 0 Å². The van der Waals surface area contributed by atoms with Crippen molar-refractivity contribution in [2.75, 3.05) is 0 Å². The molecule has 0 radical (unpaired) electrons. The first-order valence-electron chi connectivity index (χ1n) is 5.72. The van der Waals surface area contributed by atoms with Crippen molar-refractivity contribution in [3.63, 3.8) is 0 Å². The minimum Gasteiger partial charge on any atom is -0.478 e. The highest BCUT2D eigenvalue weighted by Crippen LogP contribution is 2.27. The van der Waals surface area contributed by atoms with Crippen molar-refractivity contribution in [2.24, 2.45) is 0 Å². The van der Waals surface area contributed by atoms with Gasteiger partial charge in [-0.15, -0.1) is 11.3 Å². The third-order valence-corrected chi connectivity index (χ3v) is 6.20. The minimum atomic E-state index is -3.83. The van der Waals surface area contributed by atoms with Gasteiger partial charge < -0.3 is 5.11 Å². The molecule has 0 spiro atoms. The van der Waals surface area contributed by atoms with Gasteiger partial charge in [-0.05, 0) is 40.5 Å². The molecule has 0 saturated heterocycles. The molecule has 2 N–H and O–H groups in total. The SMILES string of the molecule is Cc1cc(C(=O)O)cc(S(=O)(=O)NCc2cncs2)c1Br. The van der Waals surface area contributed by atoms with E-state index in [4.69, 9.17) is 5.11 Å². The van der Waals surface area contributed by atoms with Crippen molar-refractivity contribution in [1.82, 2.24) is 9.71 Å². The van der Waals surface area contributed by atoms with Gasteiger partial charge in [0.2, 0.25) is 10.0 Å². The number of halogens is 1. The van der Waals surface area contributed by atoms with Crippen molar-refractivity contribution >= 4 is 43.3 Å². The van der Waals surface area contributed by atoms with Crippen LogP contribution in [0.1, 0.15) is 20.8 Å². The fourth-order valence-electron chi connectivity index (χ4n) is 1.63. The van der Waals surface area contributed by atoms with Crippen LogP contribution in [0.3, 0.4) is 0 Å². The molecule has 9 heteroatoms. The van der Waals surface area contributed by atoms with Crippen molar-refractivity contribution in [2.45, 2.75) is 18.4 Å². The van der Waals surface area contributed by atoms with Crippen LogP contribution in [0.5, 0.6) is 0 Å². The Morgan fingerprint density at radius 1 is 1.48 bits per heavy atom. The third kappa shape index (κ3) is 3.67. The highest BCUT2D eigenvalue weighted by atomic mass is 79.9. The van der Waals surface area contributed by atoms with Gasteiger partial charge in [-0.1, -0.05) is 0 Å². The van der Waals surface area contributed by atoms with Crippen LogP contribution in [0.25, 0.3) is 0 Å². The summed E-state index contributed by atoms with van der Waals surface area (Å²) in [6.07, 6.45) is 1.57. The van der Waals surface area contributed by atoms with E-state index in [9.17, 15) is 13.2 Å². The molecule has 1 heterocycles. The number of nitrogens with one attached hydrogen (secondary N) is 1. The standard InChI is InChI=1S/C12H11BrN2O4S2/c1-7-2-8(12(16)17)3-10(11(7)13)21(18,19)15-5-9-4-14-6-20-9/h2-4,6,15H,5H2,1H3,(H,16,17). The smallest absolute Gasteiger partial charge is 0.335 e. The maximum absolute atomic E-state index is 12.3. The summed E-state index contributed by atoms with van der Waals surface area (Å²) in [6.45, 7) is 1.74. The molecular weight excluding hydrogens is 380 g/mol. The predicted octanol–water partition coefficient (Wildman–Crippen LogP) is 2.39. The number of carboxylic acid groups (broad SMARTS) is 1. The van der Waals surface area contributed by atoms with Gasteiger partial charge in [-0.25, -0.2) is 17.9 Å². The number of benzene rings is 1. The van der Waals surface area contributed by atoms with Crippen LogP contribution in [-0.2, 0) is 16.6 Å². The summed E-state index contributed by atoms with van der Waals surface area (Å²) in [6, 6.07) is 2.54. The lowest BCUT2D eigenvalue weighted by molar-refractivity contribution is 0.0696. The van der Waals surface area contributed by atoms with Gasteiger partial charge in [0.15, 0.2) is 0 Å². The van der Waals surface area contributed by atoms with Crippen LogP contribution < -0.4 is 4.72 Å². The van der Waals surface area contributed by atoms with E-state index in [1.54, 1.807) is 18.6 Å². The molecule has 112 valence electrons. The second-order valence-electron chi connectivity index (χ2n) is 4.20. The largest absolute Gasteiger partial charge is 0.478 e. The zero-order valence-electron chi connectivity index (χ0n) is 10.8. The minimum absolute atomic E-state index is 0.0751. The zero-order valence-corrected chi connectivity index (χ0v) is 14.0. The molecule has 2 rings (SSSR count). The molecule has 0 aliphatic rings. The van der Waals surface area contributed by atoms with E-state index in [1.165, 1.54) is 17.4 Å². The van der Waals surface area contributed by atoms with E-state index >= 15 is 0 Å². The first-order chi connectivity index (χ1) is 9.81. The predicted molar refractivity (Wildman–Crippen MR) is 82.0 cm³/mol. The number of thiazole rings is 1. The number of rotatable bonds is 5. The first kappa shape index (κ1) is 16.1. The lowest BCUT2D eigenvalue weighted by atomic mass is 10.1. The summed E-state index contributed by atoms with van der Waals surface area (Å²) < 4.78 is 27.4. The average molecular weight is 391 g/mol. The molecule has 0 aliphatic carbocycles. The Morgan fingerprint density at radius 2 is 2.19 bits per heavy atom. The fraction of sp³-hybridized carbons (Fsp3) is 0.167. The molecule has 0 saturated carbocycles. The number of hydrogen-bond acceptors (Lipinski definition) is 5. The fourth-order valence-corrected chi connectivity index (χ4v) is 4.30. The quantitative estimate of drug-likeness (QED) is 0.816. The third-order valence-electron chi connectivity index (χ3n) is 2.68. The molecule has 0 unspecified atom stereocenters. The Hall–Kier alpha value is -1.29. The summed E-state index contributed by atoms with van der Waals surface area (Å²) in [5.41, 5.74) is 2.07. The van der Waals surface area contributed by atoms with Crippen LogP contribution in [-0.4, -0.2) is 24.5 Å². The van der Waals surface area contributed by atoms with Crippen LogP contribution >= 0.6 is 27.3 Å². The molecule has 2 aromatic rings. The van der Waals surface area contributed by atoms with Gasteiger partial charge in [0.1, 0.15) is 0 Å². The lowest BCUT2D eigenvalue weighted by Crippen LogP contribution is -2.23. The lowest BCUT2D eigenvalue weighted by Gasteiger charge is -2.11. The molecule has 0 amide bonds. The molecule has 0 atom stereocenters. The molecule has 1 aromatic heterocycles. The molecule has 0 fully saturated rings. The summed E-state index contributed by atoms with van der Waals surface area (Å²) in [4.78, 5) is 15.6. The van der Waals surface area contributed by atoms with Crippen molar-refractivity contribution < 1.29 is 18.3 Å². The summed E-state index contributed by atoms with van der Waals surface area (Å²) in [5, 5.41) is 9.03. The van der Waals surface area contributed by atoms with Crippen LogP contribution in [0.2, 0.25) is 0 Å². The Labute approximate surface area is 134 Å². The van der Waals surface area contributed by atoms with Crippen LogP contribution in [0.15, 0.2) is 33.2 Å². The summed E-state index contributed by atoms with van der Waals surface area (Å²) >= 11 is 4.53. The Bertz CT molecular complexity index is 773. The number of sulfonamides is 1. The van der Waals surface area contributed by atoms with E-state index in [2.05, 4.69) is 25.6 Å². The van der Waals surface area contributed by atoms with E-state index in [1.807, 2.05) is 0 Å². The topological polar surface area (TPSA) is 96.4 Å². The maximum Gasteiger partial charge on any atom is 0.335 e. The molecule has 21 heavy (non-hydrogen) atoms. The van der Waals surface area contributed by atoms with Gasteiger partial charge in [-0.2, -0.15) is 0 Å². The second kappa shape index (κ2) is 6.22.